The van der Waals surface area contributed by atoms with Crippen LogP contribution >= 0.6 is 0 Å². The Morgan fingerprint density at radius 3 is 2.86 bits per heavy atom. The fourth-order valence-electron chi connectivity index (χ4n) is 3.80. The molecule has 0 amide bonds. The van der Waals surface area contributed by atoms with Gasteiger partial charge in [-0.25, -0.2) is 4.39 Å². The minimum absolute atomic E-state index is 0.171. The lowest BCUT2D eigenvalue weighted by atomic mass is 9.77. The van der Waals surface area contributed by atoms with Crippen LogP contribution in [0.2, 0.25) is 0 Å². The van der Waals surface area contributed by atoms with Crippen molar-refractivity contribution in [3.05, 3.63) is 71.6 Å². The monoisotopic (exact) mass is 295 g/mol. The van der Waals surface area contributed by atoms with Crippen molar-refractivity contribution in [2.75, 3.05) is 12.4 Å². The molecule has 0 fully saturated rings. The van der Waals surface area contributed by atoms with Crippen LogP contribution in [0.5, 0.6) is 5.75 Å². The summed E-state index contributed by atoms with van der Waals surface area (Å²) in [7, 11) is 1.70. The number of fused-ring (bicyclic) bond motifs is 3. The van der Waals surface area contributed by atoms with E-state index < -0.39 is 0 Å². The maximum absolute atomic E-state index is 13.6. The molecule has 0 bridgehead atoms. The van der Waals surface area contributed by atoms with Crippen molar-refractivity contribution in [1.82, 2.24) is 0 Å². The Bertz CT molecular complexity index is 740. The summed E-state index contributed by atoms with van der Waals surface area (Å²) in [6.45, 7) is 0. The number of benzene rings is 2. The number of rotatable bonds is 2. The highest BCUT2D eigenvalue weighted by atomic mass is 19.1. The molecule has 0 unspecified atom stereocenters. The number of nitrogens with one attached hydrogen (secondary N) is 1. The number of hydrogen-bond donors (Lipinski definition) is 1. The van der Waals surface area contributed by atoms with Crippen molar-refractivity contribution >= 4 is 5.69 Å². The van der Waals surface area contributed by atoms with Gasteiger partial charge in [-0.2, -0.15) is 0 Å². The Morgan fingerprint density at radius 1 is 1.14 bits per heavy atom. The van der Waals surface area contributed by atoms with E-state index in [2.05, 4.69) is 23.5 Å². The van der Waals surface area contributed by atoms with Gasteiger partial charge >= 0.3 is 0 Å². The Morgan fingerprint density at radius 2 is 2.00 bits per heavy atom. The zero-order valence-electron chi connectivity index (χ0n) is 12.4. The van der Waals surface area contributed by atoms with Gasteiger partial charge in [0.1, 0.15) is 11.6 Å². The normalized spacial score (nSPS) is 25.3. The Kier molecular flexibility index (Phi) is 3.14. The summed E-state index contributed by atoms with van der Waals surface area (Å²) in [5, 5.41) is 3.60. The van der Waals surface area contributed by atoms with Gasteiger partial charge in [-0.3, -0.25) is 0 Å². The van der Waals surface area contributed by atoms with E-state index in [1.165, 1.54) is 11.6 Å². The summed E-state index contributed by atoms with van der Waals surface area (Å²) in [6, 6.07) is 13.3. The molecule has 0 spiro atoms. The molecule has 1 heterocycles. The highest BCUT2D eigenvalue weighted by molar-refractivity contribution is 5.60. The Balaban J connectivity index is 1.81. The van der Waals surface area contributed by atoms with Gasteiger partial charge in [0.15, 0.2) is 0 Å². The van der Waals surface area contributed by atoms with E-state index in [1.807, 2.05) is 24.3 Å². The molecule has 1 N–H and O–H groups in total. The second-order valence-electron chi connectivity index (χ2n) is 5.95. The average molecular weight is 295 g/mol. The minimum Gasteiger partial charge on any atom is -0.496 e. The van der Waals surface area contributed by atoms with Crippen LogP contribution in [0.1, 0.15) is 29.5 Å². The highest BCUT2D eigenvalue weighted by Gasteiger charge is 2.38. The fourth-order valence-corrected chi connectivity index (χ4v) is 3.80. The van der Waals surface area contributed by atoms with Crippen LogP contribution in [-0.4, -0.2) is 7.11 Å². The van der Waals surface area contributed by atoms with Crippen LogP contribution < -0.4 is 10.1 Å². The molecule has 2 aromatic carbocycles. The highest BCUT2D eigenvalue weighted by Crippen LogP contribution is 2.51. The van der Waals surface area contributed by atoms with Crippen molar-refractivity contribution in [2.24, 2.45) is 5.92 Å². The van der Waals surface area contributed by atoms with Crippen LogP contribution in [0.15, 0.2) is 54.6 Å². The molecule has 1 aliphatic carbocycles. The number of anilines is 1. The lowest BCUT2D eigenvalue weighted by molar-refractivity contribution is 0.380. The predicted octanol–water partition coefficient (Wildman–Crippen LogP) is 4.66. The van der Waals surface area contributed by atoms with E-state index in [1.54, 1.807) is 13.2 Å². The maximum Gasteiger partial charge on any atom is 0.124 e. The van der Waals surface area contributed by atoms with Crippen molar-refractivity contribution < 1.29 is 9.13 Å². The van der Waals surface area contributed by atoms with Gasteiger partial charge in [-0.15, -0.1) is 0 Å². The third kappa shape index (κ3) is 2.00. The molecule has 2 nitrogen and oxygen atoms in total. The van der Waals surface area contributed by atoms with Crippen LogP contribution in [0.3, 0.4) is 0 Å². The van der Waals surface area contributed by atoms with Gasteiger partial charge in [0.2, 0.25) is 0 Å². The second kappa shape index (κ2) is 5.16. The van der Waals surface area contributed by atoms with E-state index >= 15 is 0 Å². The standard InChI is InChI=1S/C19H18FNO/c1-22-18-8-3-2-5-15(18)19-14-7-4-6-13(14)16-11-12(20)9-10-17(16)21-19/h2-6,8-11,13-14,19,21H,7H2,1H3/t13-,14-,19-/m1/s1. The molecule has 0 aromatic heterocycles. The number of hydrogen-bond acceptors (Lipinski definition) is 2. The second-order valence-corrected chi connectivity index (χ2v) is 5.95. The summed E-state index contributed by atoms with van der Waals surface area (Å²) in [5.74, 6) is 1.39. The van der Waals surface area contributed by atoms with E-state index in [4.69, 9.17) is 4.74 Å². The van der Waals surface area contributed by atoms with Crippen LogP contribution in [0, 0.1) is 11.7 Å². The maximum atomic E-state index is 13.6. The van der Waals surface area contributed by atoms with E-state index in [9.17, 15) is 4.39 Å². The van der Waals surface area contributed by atoms with Crippen molar-refractivity contribution in [2.45, 2.75) is 18.4 Å². The molecule has 22 heavy (non-hydrogen) atoms. The van der Waals surface area contributed by atoms with Crippen molar-refractivity contribution in [3.8, 4) is 5.75 Å². The fraction of sp³-hybridized carbons (Fsp3) is 0.263. The SMILES string of the molecule is COc1ccccc1[C@@H]1Nc2ccc(F)cc2[C@@H]2C=CC[C@H]21. The Labute approximate surface area is 129 Å². The lowest BCUT2D eigenvalue weighted by Crippen LogP contribution is -2.29. The molecule has 0 radical (unpaired) electrons. The first-order valence-electron chi connectivity index (χ1n) is 7.63. The summed E-state index contributed by atoms with van der Waals surface area (Å²) < 4.78 is 19.2. The number of methoxy groups -OCH3 is 1. The summed E-state index contributed by atoms with van der Waals surface area (Å²) in [6.07, 6.45) is 5.42. The van der Waals surface area contributed by atoms with Crippen LogP contribution in [0.4, 0.5) is 10.1 Å². The molecule has 2 aliphatic rings. The largest absolute Gasteiger partial charge is 0.496 e. The van der Waals surface area contributed by atoms with Gasteiger partial charge in [-0.1, -0.05) is 30.4 Å². The third-order valence-electron chi connectivity index (χ3n) is 4.80. The average Bonchev–Trinajstić information content (AvgIpc) is 3.04. The number of halogens is 1. The van der Waals surface area contributed by atoms with Crippen LogP contribution in [0.25, 0.3) is 0 Å². The first kappa shape index (κ1) is 13.4. The Hall–Kier alpha value is -2.29. The molecule has 112 valence electrons. The summed E-state index contributed by atoms with van der Waals surface area (Å²) in [4.78, 5) is 0. The quantitative estimate of drug-likeness (QED) is 0.814. The van der Waals surface area contributed by atoms with Crippen molar-refractivity contribution in [3.63, 3.8) is 0 Å². The van der Waals surface area contributed by atoms with E-state index in [0.717, 1.165) is 23.4 Å². The summed E-state index contributed by atoms with van der Waals surface area (Å²) >= 11 is 0. The third-order valence-corrected chi connectivity index (χ3v) is 4.80. The summed E-state index contributed by atoms with van der Waals surface area (Å²) in [5.41, 5.74) is 3.24. The molecule has 0 saturated heterocycles. The minimum atomic E-state index is -0.171. The van der Waals surface area contributed by atoms with Gasteiger partial charge in [0.05, 0.1) is 13.2 Å². The molecular formula is C19H18FNO. The van der Waals surface area contributed by atoms with Gasteiger partial charge in [0.25, 0.3) is 0 Å². The molecule has 0 saturated carbocycles. The first-order chi connectivity index (χ1) is 10.8. The molecule has 2 aromatic rings. The molecular weight excluding hydrogens is 277 g/mol. The first-order valence-corrected chi connectivity index (χ1v) is 7.63. The zero-order chi connectivity index (χ0) is 15.1. The molecule has 3 heteroatoms. The van der Waals surface area contributed by atoms with Gasteiger partial charge in [-0.05, 0) is 42.2 Å². The smallest absolute Gasteiger partial charge is 0.124 e. The topological polar surface area (TPSA) is 21.3 Å². The number of para-hydroxylation sites is 1. The number of allylic oxidation sites excluding steroid dienone is 2. The number of ether oxygens (including phenoxy) is 1. The lowest BCUT2D eigenvalue weighted by Gasteiger charge is -2.38. The van der Waals surface area contributed by atoms with Gasteiger partial charge in [0, 0.05) is 17.2 Å². The van der Waals surface area contributed by atoms with Crippen molar-refractivity contribution in [1.29, 1.82) is 0 Å². The van der Waals surface area contributed by atoms with E-state index in [0.29, 0.717) is 5.92 Å². The predicted molar refractivity (Wildman–Crippen MR) is 85.7 cm³/mol. The zero-order valence-corrected chi connectivity index (χ0v) is 12.4. The van der Waals surface area contributed by atoms with E-state index in [-0.39, 0.29) is 17.8 Å². The molecule has 4 rings (SSSR count). The van der Waals surface area contributed by atoms with Gasteiger partial charge < -0.3 is 10.1 Å². The molecule has 3 atom stereocenters. The van der Waals surface area contributed by atoms with Crippen LogP contribution in [-0.2, 0) is 0 Å². The molecule has 1 aliphatic heterocycles.